The van der Waals surface area contributed by atoms with Crippen molar-refractivity contribution in [2.75, 3.05) is 26.8 Å². The summed E-state index contributed by atoms with van der Waals surface area (Å²) < 4.78 is 18.5. The van der Waals surface area contributed by atoms with E-state index >= 15 is 0 Å². The van der Waals surface area contributed by atoms with Crippen LogP contribution in [0, 0.1) is 11.7 Å². The lowest BCUT2D eigenvalue weighted by atomic mass is 10.0. The fourth-order valence-corrected chi connectivity index (χ4v) is 2.53. The molecule has 110 valence electrons. The molecule has 2 unspecified atom stereocenters. The minimum atomic E-state index is -0.280. The number of ether oxygens (including phenoxy) is 1. The van der Waals surface area contributed by atoms with Crippen molar-refractivity contribution in [3.8, 4) is 0 Å². The van der Waals surface area contributed by atoms with E-state index in [0.29, 0.717) is 19.8 Å². The molecule has 2 rings (SSSR count). The van der Waals surface area contributed by atoms with Crippen LogP contribution in [0.25, 0.3) is 0 Å². The van der Waals surface area contributed by atoms with E-state index in [2.05, 4.69) is 5.32 Å². The predicted molar refractivity (Wildman–Crippen MR) is 74.6 cm³/mol. The van der Waals surface area contributed by atoms with Gasteiger partial charge >= 0.3 is 0 Å². The highest BCUT2D eigenvalue weighted by atomic mass is 19.1. The maximum Gasteiger partial charge on any atom is 0.229 e. The lowest BCUT2D eigenvalue weighted by molar-refractivity contribution is -0.135. The van der Waals surface area contributed by atoms with Gasteiger partial charge in [-0.25, -0.2) is 4.39 Å². The number of nitrogens with zero attached hydrogens (tertiary/aromatic N) is 1. The van der Waals surface area contributed by atoms with Gasteiger partial charge in [-0.3, -0.25) is 4.79 Å². The second kappa shape index (κ2) is 6.81. The van der Waals surface area contributed by atoms with E-state index in [1.165, 1.54) is 12.1 Å². The van der Waals surface area contributed by atoms with Crippen LogP contribution < -0.4 is 5.32 Å². The Morgan fingerprint density at radius 2 is 2.30 bits per heavy atom. The van der Waals surface area contributed by atoms with Crippen molar-refractivity contribution in [2.24, 2.45) is 5.92 Å². The molecule has 0 radical (unpaired) electrons. The molecular weight excluding hydrogens is 259 g/mol. The maximum absolute atomic E-state index is 13.1. The minimum absolute atomic E-state index is 0.0395. The summed E-state index contributed by atoms with van der Waals surface area (Å²) in [5.41, 5.74) is 0.791. The summed E-state index contributed by atoms with van der Waals surface area (Å²) in [6.45, 7) is 4.25. The minimum Gasteiger partial charge on any atom is -0.379 e. The molecule has 2 atom stereocenters. The highest BCUT2D eigenvalue weighted by Gasteiger charge is 2.35. The van der Waals surface area contributed by atoms with Gasteiger partial charge in [0.05, 0.1) is 19.1 Å². The molecule has 1 aliphatic rings. The van der Waals surface area contributed by atoms with Crippen LogP contribution >= 0.6 is 0 Å². The summed E-state index contributed by atoms with van der Waals surface area (Å²) in [4.78, 5) is 14.1. The van der Waals surface area contributed by atoms with E-state index in [1.807, 2.05) is 13.0 Å². The van der Waals surface area contributed by atoms with Crippen molar-refractivity contribution in [3.63, 3.8) is 0 Å². The summed E-state index contributed by atoms with van der Waals surface area (Å²) in [5.74, 6) is -0.399. The zero-order valence-electron chi connectivity index (χ0n) is 11.9. The van der Waals surface area contributed by atoms with Crippen LogP contribution in [0.2, 0.25) is 0 Å². The van der Waals surface area contributed by atoms with Gasteiger partial charge in [0, 0.05) is 19.6 Å². The van der Waals surface area contributed by atoms with Crippen LogP contribution in [-0.2, 0) is 16.1 Å². The van der Waals surface area contributed by atoms with Crippen molar-refractivity contribution in [1.29, 1.82) is 0 Å². The number of benzene rings is 1. The topological polar surface area (TPSA) is 41.6 Å². The molecule has 0 saturated carbocycles. The number of rotatable bonds is 5. The van der Waals surface area contributed by atoms with Gasteiger partial charge in [-0.05, 0) is 24.2 Å². The molecule has 5 heteroatoms. The SMILES string of the molecule is CCNC1COCC1C(=O)N(C)Cc1cccc(F)c1. The standard InChI is InChI=1S/C15H21FN2O2/c1-3-17-14-10-20-9-13(14)15(19)18(2)8-11-5-4-6-12(16)7-11/h4-7,13-14,17H,3,8-10H2,1-2H3. The van der Waals surface area contributed by atoms with Crippen LogP contribution in [0.15, 0.2) is 24.3 Å². The second-order valence-corrected chi connectivity index (χ2v) is 5.13. The summed E-state index contributed by atoms with van der Waals surface area (Å²) >= 11 is 0. The first-order valence-corrected chi connectivity index (χ1v) is 6.92. The Morgan fingerprint density at radius 3 is 3.00 bits per heavy atom. The van der Waals surface area contributed by atoms with Crippen LogP contribution in [-0.4, -0.2) is 43.7 Å². The number of hydrogen-bond donors (Lipinski definition) is 1. The fourth-order valence-electron chi connectivity index (χ4n) is 2.53. The number of likely N-dealkylation sites (N-methyl/N-ethyl adjacent to an activating group) is 1. The van der Waals surface area contributed by atoms with E-state index in [9.17, 15) is 9.18 Å². The van der Waals surface area contributed by atoms with Crippen LogP contribution in [0.4, 0.5) is 4.39 Å². The molecule has 1 aromatic rings. The van der Waals surface area contributed by atoms with Gasteiger partial charge < -0.3 is 15.0 Å². The molecule has 1 fully saturated rings. The van der Waals surface area contributed by atoms with Crippen molar-refractivity contribution >= 4 is 5.91 Å². The molecule has 0 aliphatic carbocycles. The molecule has 1 saturated heterocycles. The zero-order chi connectivity index (χ0) is 14.5. The van der Waals surface area contributed by atoms with E-state index < -0.39 is 0 Å². The third kappa shape index (κ3) is 3.55. The first-order valence-electron chi connectivity index (χ1n) is 6.92. The number of hydrogen-bond acceptors (Lipinski definition) is 3. The summed E-state index contributed by atoms with van der Waals surface area (Å²) in [6.07, 6.45) is 0. The zero-order valence-corrected chi connectivity index (χ0v) is 11.9. The van der Waals surface area contributed by atoms with E-state index in [1.54, 1.807) is 18.0 Å². The largest absolute Gasteiger partial charge is 0.379 e. The normalized spacial score (nSPS) is 21.9. The lowest BCUT2D eigenvalue weighted by Gasteiger charge is -2.24. The Hall–Kier alpha value is -1.46. The smallest absolute Gasteiger partial charge is 0.229 e. The molecule has 20 heavy (non-hydrogen) atoms. The molecule has 1 heterocycles. The van der Waals surface area contributed by atoms with Crippen molar-refractivity contribution < 1.29 is 13.9 Å². The average Bonchev–Trinajstić information content (AvgIpc) is 2.86. The van der Waals surface area contributed by atoms with E-state index in [-0.39, 0.29) is 23.7 Å². The molecule has 1 aromatic carbocycles. The number of halogens is 1. The lowest BCUT2D eigenvalue weighted by Crippen LogP contribution is -2.44. The third-order valence-corrected chi connectivity index (χ3v) is 3.55. The molecule has 1 N–H and O–H groups in total. The van der Waals surface area contributed by atoms with Crippen molar-refractivity contribution in [2.45, 2.75) is 19.5 Å². The first kappa shape index (κ1) is 14.9. The highest BCUT2D eigenvalue weighted by molar-refractivity contribution is 5.79. The number of carbonyl (C=O) groups excluding carboxylic acids is 1. The molecule has 1 aliphatic heterocycles. The maximum atomic E-state index is 13.1. The Bertz CT molecular complexity index is 467. The molecule has 0 bridgehead atoms. The number of amides is 1. The van der Waals surface area contributed by atoms with Crippen LogP contribution in [0.1, 0.15) is 12.5 Å². The predicted octanol–water partition coefficient (Wildman–Crippen LogP) is 1.41. The monoisotopic (exact) mass is 280 g/mol. The van der Waals surface area contributed by atoms with Crippen molar-refractivity contribution in [3.05, 3.63) is 35.6 Å². The summed E-state index contributed by atoms with van der Waals surface area (Å²) in [6, 6.07) is 6.40. The van der Waals surface area contributed by atoms with Gasteiger partial charge in [-0.2, -0.15) is 0 Å². The van der Waals surface area contributed by atoms with Gasteiger partial charge in [-0.15, -0.1) is 0 Å². The average molecular weight is 280 g/mol. The Morgan fingerprint density at radius 1 is 1.50 bits per heavy atom. The second-order valence-electron chi connectivity index (χ2n) is 5.13. The molecule has 1 amide bonds. The van der Waals surface area contributed by atoms with E-state index in [4.69, 9.17) is 4.74 Å². The summed E-state index contributed by atoms with van der Waals surface area (Å²) in [5, 5.41) is 3.27. The van der Waals surface area contributed by atoms with Gasteiger partial charge in [0.25, 0.3) is 0 Å². The molecule has 4 nitrogen and oxygen atoms in total. The Kier molecular flexibility index (Phi) is 5.09. The Labute approximate surface area is 118 Å². The van der Waals surface area contributed by atoms with Crippen molar-refractivity contribution in [1.82, 2.24) is 10.2 Å². The number of nitrogens with one attached hydrogen (secondary N) is 1. The molecule has 0 spiro atoms. The van der Waals surface area contributed by atoms with Crippen LogP contribution in [0.5, 0.6) is 0 Å². The first-order chi connectivity index (χ1) is 9.61. The number of carbonyl (C=O) groups is 1. The fraction of sp³-hybridized carbons (Fsp3) is 0.533. The van der Waals surface area contributed by atoms with E-state index in [0.717, 1.165) is 12.1 Å². The van der Waals surface area contributed by atoms with Gasteiger partial charge in [0.15, 0.2) is 0 Å². The quantitative estimate of drug-likeness (QED) is 0.886. The van der Waals surface area contributed by atoms with Gasteiger partial charge in [0.2, 0.25) is 5.91 Å². The Balaban J connectivity index is 1.98. The van der Waals surface area contributed by atoms with Gasteiger partial charge in [0.1, 0.15) is 5.82 Å². The third-order valence-electron chi connectivity index (χ3n) is 3.55. The molecule has 0 aromatic heterocycles. The van der Waals surface area contributed by atoms with Crippen LogP contribution in [0.3, 0.4) is 0 Å². The molecular formula is C15H21FN2O2. The summed E-state index contributed by atoms with van der Waals surface area (Å²) in [7, 11) is 1.74. The highest BCUT2D eigenvalue weighted by Crippen LogP contribution is 2.17. The van der Waals surface area contributed by atoms with Gasteiger partial charge in [-0.1, -0.05) is 19.1 Å².